The van der Waals surface area contributed by atoms with E-state index in [0.717, 1.165) is 6.07 Å². The zero-order valence-corrected chi connectivity index (χ0v) is 10.4. The average Bonchev–Trinajstić information content (AvgIpc) is 2.65. The molecule has 4 nitrogen and oxygen atoms in total. The number of rotatable bonds is 2. The predicted octanol–water partition coefficient (Wildman–Crippen LogP) is 2.80. The lowest BCUT2D eigenvalue weighted by atomic mass is 10.2. The molecule has 2 rings (SSSR count). The molecule has 0 radical (unpaired) electrons. The number of aromatic carboxylic acids is 1. The lowest BCUT2D eigenvalue weighted by Crippen LogP contribution is -2.04. The molecule has 1 aromatic heterocycles. The standard InChI is InChI=1S/C14H11FN2O2/c1-8-5-11(14(18)19)9(2)17(8)13-4-3-10(7-16)6-12(13)15/h3-6H,1-2H3,(H,18,19). The highest BCUT2D eigenvalue weighted by atomic mass is 19.1. The Balaban J connectivity index is 2.66. The zero-order valence-electron chi connectivity index (χ0n) is 10.4. The Hall–Kier alpha value is -2.61. The van der Waals surface area contributed by atoms with Crippen molar-refractivity contribution in [1.29, 1.82) is 5.26 Å². The van der Waals surface area contributed by atoms with E-state index in [2.05, 4.69) is 0 Å². The first kappa shape index (κ1) is 12.8. The van der Waals surface area contributed by atoms with Gasteiger partial charge in [-0.25, -0.2) is 9.18 Å². The SMILES string of the molecule is Cc1cc(C(=O)O)c(C)n1-c1ccc(C#N)cc1F. The molecule has 0 unspecified atom stereocenters. The zero-order chi connectivity index (χ0) is 14.2. The molecule has 96 valence electrons. The second kappa shape index (κ2) is 4.58. The minimum Gasteiger partial charge on any atom is -0.478 e. The summed E-state index contributed by atoms with van der Waals surface area (Å²) in [5.74, 6) is -1.61. The van der Waals surface area contributed by atoms with Crippen LogP contribution in [0.3, 0.4) is 0 Å². The minimum absolute atomic E-state index is 0.140. The topological polar surface area (TPSA) is 66.0 Å². The molecule has 0 amide bonds. The minimum atomic E-state index is -1.05. The second-order valence-electron chi connectivity index (χ2n) is 4.20. The Morgan fingerprint density at radius 2 is 2.05 bits per heavy atom. The normalized spacial score (nSPS) is 10.2. The summed E-state index contributed by atoms with van der Waals surface area (Å²) in [4.78, 5) is 11.1. The summed E-state index contributed by atoms with van der Waals surface area (Å²) >= 11 is 0. The summed E-state index contributed by atoms with van der Waals surface area (Å²) in [5.41, 5.74) is 1.68. The maximum Gasteiger partial charge on any atom is 0.337 e. The third kappa shape index (κ3) is 2.08. The van der Waals surface area contributed by atoms with Crippen LogP contribution in [0.5, 0.6) is 0 Å². The van der Waals surface area contributed by atoms with Crippen molar-refractivity contribution in [3.05, 3.63) is 52.6 Å². The Labute approximate surface area is 109 Å². The molecule has 0 saturated carbocycles. The van der Waals surface area contributed by atoms with Crippen LogP contribution in [0.1, 0.15) is 27.3 Å². The molecule has 0 aliphatic heterocycles. The summed E-state index contributed by atoms with van der Waals surface area (Å²) in [6.45, 7) is 3.32. The first-order valence-corrected chi connectivity index (χ1v) is 5.58. The van der Waals surface area contributed by atoms with Crippen LogP contribution in [0.25, 0.3) is 5.69 Å². The van der Waals surface area contributed by atoms with E-state index in [4.69, 9.17) is 10.4 Å². The number of aromatic nitrogens is 1. The molecular weight excluding hydrogens is 247 g/mol. The van der Waals surface area contributed by atoms with E-state index in [0.29, 0.717) is 11.4 Å². The van der Waals surface area contributed by atoms with Gasteiger partial charge in [-0.1, -0.05) is 0 Å². The van der Waals surface area contributed by atoms with Gasteiger partial charge in [0.2, 0.25) is 0 Å². The Kier molecular flexibility index (Phi) is 3.09. The summed E-state index contributed by atoms with van der Waals surface area (Å²) in [6.07, 6.45) is 0. The smallest absolute Gasteiger partial charge is 0.337 e. The molecule has 5 heteroatoms. The molecule has 1 aromatic carbocycles. The fraction of sp³-hybridized carbons (Fsp3) is 0.143. The lowest BCUT2D eigenvalue weighted by Gasteiger charge is -2.10. The van der Waals surface area contributed by atoms with Gasteiger partial charge in [0.25, 0.3) is 0 Å². The molecule has 0 aliphatic rings. The van der Waals surface area contributed by atoms with Gasteiger partial charge in [0.05, 0.1) is 22.9 Å². The summed E-state index contributed by atoms with van der Waals surface area (Å²) in [7, 11) is 0. The highest BCUT2D eigenvalue weighted by molar-refractivity contribution is 5.89. The molecule has 0 bridgehead atoms. The van der Waals surface area contributed by atoms with Crippen molar-refractivity contribution < 1.29 is 14.3 Å². The van der Waals surface area contributed by atoms with Crippen molar-refractivity contribution in [3.8, 4) is 11.8 Å². The van der Waals surface area contributed by atoms with Gasteiger partial charge >= 0.3 is 5.97 Å². The molecule has 19 heavy (non-hydrogen) atoms. The van der Waals surface area contributed by atoms with Crippen LogP contribution in [0.4, 0.5) is 4.39 Å². The van der Waals surface area contributed by atoms with Crippen LogP contribution in [-0.2, 0) is 0 Å². The summed E-state index contributed by atoms with van der Waals surface area (Å²) in [5, 5.41) is 17.8. The molecule has 0 atom stereocenters. The maximum absolute atomic E-state index is 14.0. The highest BCUT2D eigenvalue weighted by Gasteiger charge is 2.17. The first-order valence-electron chi connectivity index (χ1n) is 5.58. The van der Waals surface area contributed by atoms with Crippen LogP contribution < -0.4 is 0 Å². The van der Waals surface area contributed by atoms with Crippen molar-refractivity contribution in [2.45, 2.75) is 13.8 Å². The second-order valence-corrected chi connectivity index (χ2v) is 4.20. The van der Waals surface area contributed by atoms with Crippen LogP contribution in [0.15, 0.2) is 24.3 Å². The van der Waals surface area contributed by atoms with Gasteiger partial charge in [-0.05, 0) is 38.1 Å². The van der Waals surface area contributed by atoms with Crippen molar-refractivity contribution in [3.63, 3.8) is 0 Å². The third-order valence-electron chi connectivity index (χ3n) is 2.98. The van der Waals surface area contributed by atoms with Gasteiger partial charge in [-0.2, -0.15) is 5.26 Å². The van der Waals surface area contributed by atoms with E-state index in [1.165, 1.54) is 22.8 Å². The van der Waals surface area contributed by atoms with Crippen LogP contribution in [0, 0.1) is 31.0 Å². The number of nitriles is 1. The molecule has 0 fully saturated rings. The fourth-order valence-corrected chi connectivity index (χ4v) is 2.11. The van der Waals surface area contributed by atoms with Crippen molar-refractivity contribution in [2.24, 2.45) is 0 Å². The predicted molar refractivity (Wildman–Crippen MR) is 66.9 cm³/mol. The molecule has 0 aliphatic carbocycles. The Morgan fingerprint density at radius 1 is 1.37 bits per heavy atom. The molecule has 1 N–H and O–H groups in total. The number of halogens is 1. The van der Waals surface area contributed by atoms with Gasteiger partial charge < -0.3 is 9.67 Å². The summed E-state index contributed by atoms with van der Waals surface area (Å²) < 4.78 is 15.5. The van der Waals surface area contributed by atoms with E-state index in [1.807, 2.05) is 6.07 Å². The van der Waals surface area contributed by atoms with E-state index in [-0.39, 0.29) is 16.8 Å². The lowest BCUT2D eigenvalue weighted by molar-refractivity contribution is 0.0696. The van der Waals surface area contributed by atoms with E-state index in [9.17, 15) is 9.18 Å². The number of hydrogen-bond donors (Lipinski definition) is 1. The van der Waals surface area contributed by atoms with E-state index >= 15 is 0 Å². The van der Waals surface area contributed by atoms with Crippen LogP contribution in [-0.4, -0.2) is 15.6 Å². The maximum atomic E-state index is 14.0. The molecular formula is C14H11FN2O2. The first-order chi connectivity index (χ1) is 8.95. The third-order valence-corrected chi connectivity index (χ3v) is 2.98. The number of carboxylic acid groups (broad SMARTS) is 1. The van der Waals surface area contributed by atoms with Gasteiger partial charge in [-0.15, -0.1) is 0 Å². The van der Waals surface area contributed by atoms with Crippen molar-refractivity contribution in [1.82, 2.24) is 4.57 Å². The van der Waals surface area contributed by atoms with Crippen molar-refractivity contribution >= 4 is 5.97 Å². The molecule has 0 spiro atoms. The van der Waals surface area contributed by atoms with Gasteiger partial charge in [0.1, 0.15) is 5.82 Å². The van der Waals surface area contributed by atoms with Gasteiger partial charge in [0.15, 0.2) is 0 Å². The number of hydrogen-bond acceptors (Lipinski definition) is 2. The van der Waals surface area contributed by atoms with Gasteiger partial charge in [0, 0.05) is 11.4 Å². The number of carbonyl (C=O) groups is 1. The number of benzene rings is 1. The number of carboxylic acids is 1. The highest BCUT2D eigenvalue weighted by Crippen LogP contribution is 2.23. The van der Waals surface area contributed by atoms with E-state index in [1.54, 1.807) is 13.8 Å². The Morgan fingerprint density at radius 3 is 2.53 bits per heavy atom. The fourth-order valence-electron chi connectivity index (χ4n) is 2.11. The molecule has 1 heterocycles. The van der Waals surface area contributed by atoms with Crippen LogP contribution >= 0.6 is 0 Å². The number of nitrogens with zero attached hydrogens (tertiary/aromatic N) is 2. The van der Waals surface area contributed by atoms with Gasteiger partial charge in [-0.3, -0.25) is 0 Å². The molecule has 2 aromatic rings. The quantitative estimate of drug-likeness (QED) is 0.900. The Bertz CT molecular complexity index is 711. The van der Waals surface area contributed by atoms with Crippen molar-refractivity contribution in [2.75, 3.05) is 0 Å². The average molecular weight is 258 g/mol. The monoisotopic (exact) mass is 258 g/mol. The van der Waals surface area contributed by atoms with E-state index < -0.39 is 11.8 Å². The molecule has 0 saturated heterocycles. The van der Waals surface area contributed by atoms with Crippen LogP contribution in [0.2, 0.25) is 0 Å². The summed E-state index contributed by atoms with van der Waals surface area (Å²) in [6, 6.07) is 7.45. The number of aryl methyl sites for hydroxylation is 1. The largest absolute Gasteiger partial charge is 0.478 e.